The number of hydrogen-bond donors (Lipinski definition) is 1. The van der Waals surface area contributed by atoms with Crippen molar-refractivity contribution in [3.05, 3.63) is 53.8 Å². The first kappa shape index (κ1) is 28.9. The molecule has 4 aliphatic heterocycles. The lowest BCUT2D eigenvalue weighted by Gasteiger charge is -2.39. The van der Waals surface area contributed by atoms with Gasteiger partial charge in [0.15, 0.2) is 0 Å². The van der Waals surface area contributed by atoms with Gasteiger partial charge in [-0.2, -0.15) is 9.97 Å². The smallest absolute Gasteiger partial charge is 0.319 e. The van der Waals surface area contributed by atoms with Gasteiger partial charge >= 0.3 is 6.01 Å². The first-order valence-electron chi connectivity index (χ1n) is 16.5. The van der Waals surface area contributed by atoms with E-state index < -0.39 is 6.17 Å². The maximum Gasteiger partial charge on any atom is 0.319 e. The lowest BCUT2D eigenvalue weighted by Crippen LogP contribution is -2.44. The van der Waals surface area contributed by atoms with Crippen LogP contribution in [0.25, 0.3) is 32.8 Å². The predicted octanol–water partition coefficient (Wildman–Crippen LogP) is 6.96. The third kappa shape index (κ3) is 4.99. The third-order valence-electron chi connectivity index (χ3n) is 10.9. The van der Waals surface area contributed by atoms with Crippen LogP contribution in [0.2, 0.25) is 0 Å². The standard InChI is InChI=1S/C36H40F2N4O3/c1-2-27-30(38)8-6-24-17-26(43)19-29(32(24)27)23-5-7-28-31(18-23)39-34(44-22-35-9-3-13-42(35)21-25(37)20-35)40-33(28)41-14-11-36(12-15-41)10-4-16-45-36/h5-8,17-19,25,43H,2-4,9-16,20-22H2,1H3/t25-,35+/m1/s1. The molecule has 2 atom stereocenters. The zero-order valence-electron chi connectivity index (χ0n) is 25.8. The van der Waals surface area contributed by atoms with Crippen molar-refractivity contribution in [1.29, 1.82) is 0 Å². The molecule has 8 rings (SSSR count). The Kier molecular flexibility index (Phi) is 7.09. The zero-order valence-corrected chi connectivity index (χ0v) is 25.8. The van der Waals surface area contributed by atoms with E-state index in [0.717, 1.165) is 97.9 Å². The van der Waals surface area contributed by atoms with Crippen LogP contribution in [0.1, 0.15) is 57.4 Å². The summed E-state index contributed by atoms with van der Waals surface area (Å²) >= 11 is 0. The summed E-state index contributed by atoms with van der Waals surface area (Å²) in [5, 5.41) is 13.1. The highest BCUT2D eigenvalue weighted by Crippen LogP contribution is 2.43. The van der Waals surface area contributed by atoms with Crippen molar-refractivity contribution in [3.63, 3.8) is 0 Å². The lowest BCUT2D eigenvalue weighted by molar-refractivity contribution is -0.0146. The highest BCUT2D eigenvalue weighted by atomic mass is 19.1. The van der Waals surface area contributed by atoms with Crippen LogP contribution in [0.15, 0.2) is 42.5 Å². The van der Waals surface area contributed by atoms with Crippen molar-refractivity contribution in [2.24, 2.45) is 0 Å². The summed E-state index contributed by atoms with van der Waals surface area (Å²) in [5.41, 5.74) is 2.58. The number of aryl methyl sites for hydroxylation is 1. The highest BCUT2D eigenvalue weighted by molar-refractivity contribution is 6.02. The Morgan fingerprint density at radius 2 is 1.89 bits per heavy atom. The van der Waals surface area contributed by atoms with Gasteiger partial charge in [-0.05, 0) is 109 Å². The van der Waals surface area contributed by atoms with E-state index in [9.17, 15) is 13.9 Å². The van der Waals surface area contributed by atoms with Crippen LogP contribution in [0.4, 0.5) is 14.6 Å². The average Bonchev–Trinajstić information content (AvgIpc) is 3.74. The second-order valence-electron chi connectivity index (χ2n) is 13.5. The van der Waals surface area contributed by atoms with Crippen LogP contribution in [0, 0.1) is 5.82 Å². The van der Waals surface area contributed by atoms with E-state index in [-0.39, 0.29) is 28.7 Å². The van der Waals surface area contributed by atoms with Crippen molar-refractivity contribution >= 4 is 27.5 Å². The number of fused-ring (bicyclic) bond motifs is 3. The number of piperidine rings is 1. The Morgan fingerprint density at radius 1 is 1.02 bits per heavy atom. The Labute approximate surface area is 262 Å². The molecule has 4 fully saturated rings. The third-order valence-corrected chi connectivity index (χ3v) is 10.9. The van der Waals surface area contributed by atoms with Crippen molar-refractivity contribution in [2.75, 3.05) is 44.3 Å². The van der Waals surface area contributed by atoms with Crippen molar-refractivity contribution in [3.8, 4) is 22.9 Å². The van der Waals surface area contributed by atoms with E-state index in [2.05, 4.69) is 9.80 Å². The quantitative estimate of drug-likeness (QED) is 0.252. The van der Waals surface area contributed by atoms with Crippen LogP contribution in [0.5, 0.6) is 11.8 Å². The summed E-state index contributed by atoms with van der Waals surface area (Å²) < 4.78 is 42.1. The molecule has 4 saturated heterocycles. The van der Waals surface area contributed by atoms with Crippen LogP contribution < -0.4 is 9.64 Å². The first-order valence-corrected chi connectivity index (χ1v) is 16.5. The van der Waals surface area contributed by atoms with Crippen molar-refractivity contribution in [2.45, 2.75) is 75.6 Å². The number of aromatic hydroxyl groups is 1. The molecule has 0 bridgehead atoms. The van der Waals surface area contributed by atoms with Crippen LogP contribution in [-0.2, 0) is 11.2 Å². The van der Waals surface area contributed by atoms with Gasteiger partial charge in [0.1, 0.15) is 30.2 Å². The normalized spacial score (nSPS) is 24.7. The van der Waals surface area contributed by atoms with Crippen LogP contribution in [-0.4, -0.2) is 76.7 Å². The lowest BCUT2D eigenvalue weighted by atomic mass is 9.88. The van der Waals surface area contributed by atoms with Crippen molar-refractivity contribution < 1.29 is 23.4 Å². The van der Waals surface area contributed by atoms with E-state index in [0.29, 0.717) is 37.1 Å². The minimum Gasteiger partial charge on any atom is -0.508 e. The van der Waals surface area contributed by atoms with Gasteiger partial charge in [-0.15, -0.1) is 0 Å². The Bertz CT molecular complexity index is 1770. The zero-order chi connectivity index (χ0) is 30.8. The molecule has 0 radical (unpaired) electrons. The van der Waals surface area contributed by atoms with Crippen LogP contribution >= 0.6 is 0 Å². The fraction of sp³-hybridized carbons (Fsp3) is 0.500. The molecule has 0 aliphatic carbocycles. The van der Waals surface area contributed by atoms with E-state index in [1.54, 1.807) is 18.2 Å². The molecule has 7 nitrogen and oxygen atoms in total. The first-order chi connectivity index (χ1) is 21.9. The van der Waals surface area contributed by atoms with Crippen molar-refractivity contribution in [1.82, 2.24) is 14.9 Å². The molecule has 1 N–H and O–H groups in total. The highest BCUT2D eigenvalue weighted by Gasteiger charge is 2.49. The molecule has 1 aromatic heterocycles. The fourth-order valence-electron chi connectivity index (χ4n) is 8.56. The van der Waals surface area contributed by atoms with Crippen LogP contribution in [0.3, 0.4) is 0 Å². The number of halogens is 2. The largest absolute Gasteiger partial charge is 0.508 e. The van der Waals surface area contributed by atoms with Gasteiger partial charge in [0.25, 0.3) is 0 Å². The van der Waals surface area contributed by atoms with E-state index >= 15 is 0 Å². The molecule has 236 valence electrons. The second-order valence-corrected chi connectivity index (χ2v) is 13.5. The molecule has 0 amide bonds. The number of phenols is 1. The number of aromatic nitrogens is 2. The summed E-state index contributed by atoms with van der Waals surface area (Å²) in [7, 11) is 0. The number of anilines is 1. The SMILES string of the molecule is CCc1c(F)ccc2cc(O)cc(-c3ccc4c(N5CCC6(CCCO6)CC5)nc(OC[C@@]56CCCN5C[C@H](F)C6)nc4c3)c12. The summed E-state index contributed by atoms with van der Waals surface area (Å²) in [6.07, 6.45) is 6.24. The summed E-state index contributed by atoms with van der Waals surface area (Å²) in [4.78, 5) is 14.4. The molecule has 45 heavy (non-hydrogen) atoms. The number of hydrogen-bond acceptors (Lipinski definition) is 7. The van der Waals surface area contributed by atoms with Gasteiger partial charge in [-0.3, -0.25) is 4.90 Å². The molecule has 0 saturated carbocycles. The predicted molar refractivity (Wildman–Crippen MR) is 171 cm³/mol. The molecule has 0 unspecified atom stereocenters. The van der Waals surface area contributed by atoms with E-state index in [4.69, 9.17) is 19.4 Å². The molecule has 5 heterocycles. The number of phenolic OH excluding ortho intramolecular Hbond substituents is 1. The van der Waals surface area contributed by atoms with E-state index in [1.807, 2.05) is 25.1 Å². The Morgan fingerprint density at radius 3 is 2.69 bits per heavy atom. The number of benzene rings is 3. The Hall–Kier alpha value is -3.56. The van der Waals surface area contributed by atoms with Gasteiger partial charge < -0.3 is 19.5 Å². The minimum absolute atomic E-state index is 0.0229. The maximum atomic E-state index is 15.0. The average molecular weight is 615 g/mol. The second kappa shape index (κ2) is 11.1. The molecule has 1 spiro atoms. The topological polar surface area (TPSA) is 71.0 Å². The summed E-state index contributed by atoms with van der Waals surface area (Å²) in [6.45, 7) is 6.14. The molecule has 9 heteroatoms. The van der Waals surface area contributed by atoms with Gasteiger partial charge in [0.05, 0.1) is 16.7 Å². The summed E-state index contributed by atoms with van der Waals surface area (Å²) in [6, 6.07) is 12.9. The molecular formula is C36H40F2N4O3. The number of rotatable bonds is 6. The van der Waals surface area contributed by atoms with Gasteiger partial charge in [-0.1, -0.05) is 19.1 Å². The molecule has 4 aliphatic rings. The Balaban J connectivity index is 1.21. The van der Waals surface area contributed by atoms with Gasteiger partial charge in [0, 0.05) is 38.0 Å². The summed E-state index contributed by atoms with van der Waals surface area (Å²) in [5.74, 6) is 0.694. The maximum absolute atomic E-state index is 15.0. The van der Waals surface area contributed by atoms with E-state index in [1.165, 1.54) is 6.07 Å². The number of ether oxygens (including phenoxy) is 2. The number of nitrogens with zero attached hydrogens (tertiary/aromatic N) is 4. The van der Waals surface area contributed by atoms with Gasteiger partial charge in [0.2, 0.25) is 0 Å². The van der Waals surface area contributed by atoms with Gasteiger partial charge in [-0.25, -0.2) is 8.78 Å². The number of alkyl halides is 1. The minimum atomic E-state index is -0.835. The molecule has 3 aromatic carbocycles. The monoisotopic (exact) mass is 614 g/mol. The fourth-order valence-corrected chi connectivity index (χ4v) is 8.56. The molecule has 4 aromatic rings. The molecular weight excluding hydrogens is 574 g/mol.